The minimum atomic E-state index is -0.618. The lowest BCUT2D eigenvalue weighted by atomic mass is 9.85. The van der Waals surface area contributed by atoms with Gasteiger partial charge in [0.15, 0.2) is 0 Å². The minimum Gasteiger partial charge on any atom is -0.493 e. The number of hydrogen-bond donors (Lipinski definition) is 0. The van der Waals surface area contributed by atoms with Gasteiger partial charge >= 0.3 is 5.97 Å². The van der Waals surface area contributed by atoms with E-state index in [-0.39, 0.29) is 5.97 Å². The summed E-state index contributed by atoms with van der Waals surface area (Å²) in [5.74, 6) is 0.418. The average Bonchev–Trinajstić information content (AvgIpc) is 2.57. The van der Waals surface area contributed by atoms with Crippen LogP contribution >= 0.6 is 11.6 Å². The van der Waals surface area contributed by atoms with Crippen molar-refractivity contribution in [3.05, 3.63) is 40.9 Å². The predicted molar refractivity (Wildman–Crippen MR) is 63.1 cm³/mol. The molecular weight excluding hydrogens is 240 g/mol. The van der Waals surface area contributed by atoms with Crippen molar-refractivity contribution in [1.29, 1.82) is 0 Å². The number of rotatable bonds is 0. The van der Waals surface area contributed by atoms with E-state index < -0.39 is 5.60 Å². The molecule has 1 atom stereocenters. The van der Waals surface area contributed by atoms with E-state index in [4.69, 9.17) is 21.1 Å². The maximum atomic E-state index is 11.5. The van der Waals surface area contributed by atoms with Crippen molar-refractivity contribution in [3.63, 3.8) is 0 Å². The van der Waals surface area contributed by atoms with Gasteiger partial charge in [0.25, 0.3) is 0 Å². The number of fused-ring (bicyclic) bond motifs is 2. The van der Waals surface area contributed by atoms with Crippen molar-refractivity contribution in [1.82, 2.24) is 0 Å². The third kappa shape index (κ3) is 1.53. The van der Waals surface area contributed by atoms with Crippen molar-refractivity contribution in [2.45, 2.75) is 18.4 Å². The molecule has 88 valence electrons. The van der Waals surface area contributed by atoms with E-state index in [1.165, 1.54) is 0 Å². The number of ether oxygens (including phenoxy) is 2. The molecule has 0 aliphatic carbocycles. The van der Waals surface area contributed by atoms with Crippen LogP contribution in [-0.2, 0) is 15.1 Å². The molecule has 1 fully saturated rings. The maximum Gasteiger partial charge on any atom is 0.334 e. The van der Waals surface area contributed by atoms with Gasteiger partial charge in [-0.05, 0) is 18.2 Å². The lowest BCUT2D eigenvalue weighted by Gasteiger charge is -2.33. The molecule has 0 aromatic heterocycles. The molecule has 0 radical (unpaired) electrons. The largest absolute Gasteiger partial charge is 0.493 e. The Hall–Kier alpha value is -1.48. The number of halogens is 1. The molecule has 0 unspecified atom stereocenters. The van der Waals surface area contributed by atoms with Crippen LogP contribution in [0.4, 0.5) is 0 Å². The van der Waals surface area contributed by atoms with Gasteiger partial charge in [0.05, 0.1) is 6.61 Å². The van der Waals surface area contributed by atoms with Gasteiger partial charge in [0.2, 0.25) is 0 Å². The van der Waals surface area contributed by atoms with E-state index in [0.717, 1.165) is 11.3 Å². The Morgan fingerprint density at radius 2 is 2.24 bits per heavy atom. The van der Waals surface area contributed by atoms with E-state index in [9.17, 15) is 4.79 Å². The molecule has 0 amide bonds. The fourth-order valence-corrected chi connectivity index (χ4v) is 2.61. The van der Waals surface area contributed by atoms with Gasteiger partial charge in [-0.15, -0.1) is 0 Å². The SMILES string of the molecule is C=C1C[C@]2(CCOc3ccc(Cl)cc32)OC1=O. The third-order valence-corrected chi connectivity index (χ3v) is 3.51. The van der Waals surface area contributed by atoms with Crippen molar-refractivity contribution in [3.8, 4) is 5.75 Å². The first-order valence-corrected chi connectivity index (χ1v) is 5.82. The Morgan fingerprint density at radius 3 is 2.94 bits per heavy atom. The summed E-state index contributed by atoms with van der Waals surface area (Å²) in [7, 11) is 0. The molecule has 1 aromatic rings. The van der Waals surface area contributed by atoms with E-state index in [1.807, 2.05) is 12.1 Å². The molecule has 2 heterocycles. The molecule has 17 heavy (non-hydrogen) atoms. The monoisotopic (exact) mass is 250 g/mol. The Balaban J connectivity index is 2.13. The zero-order valence-corrected chi connectivity index (χ0v) is 9.92. The topological polar surface area (TPSA) is 35.5 Å². The van der Waals surface area contributed by atoms with Gasteiger partial charge in [-0.3, -0.25) is 0 Å². The van der Waals surface area contributed by atoms with Crippen LogP contribution in [-0.4, -0.2) is 12.6 Å². The van der Waals surface area contributed by atoms with E-state index in [2.05, 4.69) is 6.58 Å². The van der Waals surface area contributed by atoms with Crippen molar-refractivity contribution < 1.29 is 14.3 Å². The first kappa shape index (κ1) is 10.7. The van der Waals surface area contributed by atoms with E-state index in [1.54, 1.807) is 6.07 Å². The molecule has 0 bridgehead atoms. The predicted octanol–water partition coefficient (Wildman–Crippen LogP) is 2.82. The zero-order chi connectivity index (χ0) is 12.0. The number of carbonyl (C=O) groups is 1. The molecule has 3 nitrogen and oxygen atoms in total. The van der Waals surface area contributed by atoms with Crippen LogP contribution in [0.3, 0.4) is 0 Å². The highest BCUT2D eigenvalue weighted by molar-refractivity contribution is 6.30. The molecule has 1 aromatic carbocycles. The van der Waals surface area contributed by atoms with Gasteiger partial charge in [-0.2, -0.15) is 0 Å². The summed E-state index contributed by atoms with van der Waals surface area (Å²) in [4.78, 5) is 11.5. The Kier molecular flexibility index (Phi) is 2.20. The summed E-state index contributed by atoms with van der Waals surface area (Å²) in [5.41, 5.74) is 0.744. The van der Waals surface area contributed by atoms with Gasteiger partial charge in [-0.1, -0.05) is 18.2 Å². The fraction of sp³-hybridized carbons (Fsp3) is 0.308. The molecule has 1 saturated heterocycles. The Labute approximate surface area is 104 Å². The summed E-state index contributed by atoms with van der Waals surface area (Å²) < 4.78 is 11.1. The molecule has 2 aliphatic heterocycles. The zero-order valence-electron chi connectivity index (χ0n) is 9.16. The summed E-state index contributed by atoms with van der Waals surface area (Å²) >= 11 is 5.99. The highest BCUT2D eigenvalue weighted by Gasteiger charge is 2.47. The van der Waals surface area contributed by atoms with Crippen LogP contribution in [0.1, 0.15) is 18.4 Å². The summed E-state index contributed by atoms with van der Waals surface area (Å²) in [6.07, 6.45) is 1.16. The van der Waals surface area contributed by atoms with Gasteiger partial charge < -0.3 is 9.47 Å². The van der Waals surface area contributed by atoms with Crippen molar-refractivity contribution in [2.24, 2.45) is 0 Å². The van der Waals surface area contributed by atoms with Crippen LogP contribution in [0.5, 0.6) is 5.75 Å². The summed E-state index contributed by atoms with van der Waals surface area (Å²) in [6, 6.07) is 5.39. The first-order valence-electron chi connectivity index (χ1n) is 5.45. The molecular formula is C13H11ClO3. The highest BCUT2D eigenvalue weighted by Crippen LogP contribution is 2.48. The number of hydrogen-bond acceptors (Lipinski definition) is 3. The Morgan fingerprint density at radius 1 is 1.41 bits per heavy atom. The van der Waals surface area contributed by atoms with Crippen LogP contribution in [0, 0.1) is 0 Å². The second kappa shape index (κ2) is 3.50. The van der Waals surface area contributed by atoms with Gasteiger partial charge in [-0.25, -0.2) is 4.79 Å². The fourth-order valence-electron chi connectivity index (χ4n) is 2.44. The second-order valence-corrected chi connectivity index (χ2v) is 4.84. The number of benzene rings is 1. The molecule has 4 heteroatoms. The van der Waals surface area contributed by atoms with Crippen molar-refractivity contribution >= 4 is 17.6 Å². The smallest absolute Gasteiger partial charge is 0.334 e. The molecule has 0 N–H and O–H groups in total. The first-order chi connectivity index (χ1) is 8.11. The van der Waals surface area contributed by atoms with Crippen LogP contribution in [0.25, 0.3) is 0 Å². The van der Waals surface area contributed by atoms with Gasteiger partial charge in [0.1, 0.15) is 11.4 Å². The molecule has 2 aliphatic rings. The molecule has 1 spiro atoms. The Bertz CT molecular complexity index is 505. The standard InChI is InChI=1S/C13H11ClO3/c1-8-7-13(17-12(8)15)4-5-16-11-3-2-9(14)6-10(11)13/h2-3,6H,1,4-5,7H2/t13-/m0/s1. The second-order valence-electron chi connectivity index (χ2n) is 4.40. The minimum absolute atomic E-state index is 0.321. The van der Waals surface area contributed by atoms with E-state index >= 15 is 0 Å². The van der Waals surface area contributed by atoms with Crippen LogP contribution in [0.2, 0.25) is 5.02 Å². The van der Waals surface area contributed by atoms with E-state index in [0.29, 0.717) is 30.0 Å². The maximum absolute atomic E-state index is 11.5. The average molecular weight is 251 g/mol. The quantitative estimate of drug-likeness (QED) is 0.525. The molecule has 3 rings (SSSR count). The highest BCUT2D eigenvalue weighted by atomic mass is 35.5. The summed E-state index contributed by atoms with van der Waals surface area (Å²) in [5, 5.41) is 0.613. The van der Waals surface area contributed by atoms with Crippen LogP contribution in [0.15, 0.2) is 30.4 Å². The lowest BCUT2D eigenvalue weighted by Crippen LogP contribution is -2.32. The molecule has 0 saturated carbocycles. The lowest BCUT2D eigenvalue weighted by molar-refractivity contribution is -0.149. The van der Waals surface area contributed by atoms with Gasteiger partial charge in [0, 0.05) is 29.0 Å². The normalized spacial score (nSPS) is 26.6. The third-order valence-electron chi connectivity index (χ3n) is 3.27. The van der Waals surface area contributed by atoms with Crippen LogP contribution < -0.4 is 4.74 Å². The summed E-state index contributed by atoms with van der Waals surface area (Å²) in [6.45, 7) is 4.27. The number of esters is 1. The van der Waals surface area contributed by atoms with Crippen molar-refractivity contribution in [2.75, 3.05) is 6.61 Å². The number of carbonyl (C=O) groups excluding carboxylic acids is 1.